The molecule has 80 valence electrons. The van der Waals surface area contributed by atoms with Gasteiger partial charge in [0.15, 0.2) is 0 Å². The standard InChI is InChI=1S/C10H16O4/c1-6(2)10(13)14-8-5-3-4-7(11)9(8)12/h7-9,11-12H,1,3-5H2,2H3. The van der Waals surface area contributed by atoms with Gasteiger partial charge in [0.1, 0.15) is 12.2 Å². The van der Waals surface area contributed by atoms with Crippen molar-refractivity contribution >= 4 is 5.97 Å². The van der Waals surface area contributed by atoms with Crippen LogP contribution >= 0.6 is 0 Å². The fourth-order valence-corrected chi connectivity index (χ4v) is 1.48. The first kappa shape index (κ1) is 11.2. The predicted octanol–water partition coefficient (Wildman–Crippen LogP) is 0.380. The molecular formula is C10H16O4. The summed E-state index contributed by atoms with van der Waals surface area (Å²) in [4.78, 5) is 11.1. The molecule has 1 fully saturated rings. The summed E-state index contributed by atoms with van der Waals surface area (Å²) >= 11 is 0. The molecule has 1 rings (SSSR count). The molecule has 0 aromatic carbocycles. The van der Waals surface area contributed by atoms with E-state index in [4.69, 9.17) is 4.74 Å². The highest BCUT2D eigenvalue weighted by Crippen LogP contribution is 2.22. The summed E-state index contributed by atoms with van der Waals surface area (Å²) in [6.07, 6.45) is -0.437. The Kier molecular flexibility index (Phi) is 3.66. The Morgan fingerprint density at radius 1 is 1.43 bits per heavy atom. The lowest BCUT2D eigenvalue weighted by atomic mass is 9.92. The van der Waals surface area contributed by atoms with Gasteiger partial charge in [0.2, 0.25) is 0 Å². The van der Waals surface area contributed by atoms with Crippen LogP contribution in [0.5, 0.6) is 0 Å². The number of aliphatic hydroxyl groups excluding tert-OH is 2. The first-order valence-electron chi connectivity index (χ1n) is 4.75. The van der Waals surface area contributed by atoms with Gasteiger partial charge in [-0.3, -0.25) is 0 Å². The van der Waals surface area contributed by atoms with E-state index in [-0.39, 0.29) is 0 Å². The van der Waals surface area contributed by atoms with E-state index in [2.05, 4.69) is 6.58 Å². The maximum Gasteiger partial charge on any atom is 0.333 e. The third-order valence-corrected chi connectivity index (χ3v) is 2.37. The van der Waals surface area contributed by atoms with Gasteiger partial charge in [0.05, 0.1) is 6.10 Å². The van der Waals surface area contributed by atoms with E-state index in [9.17, 15) is 15.0 Å². The molecule has 3 unspecified atom stereocenters. The highest BCUT2D eigenvalue weighted by Gasteiger charge is 2.33. The highest BCUT2D eigenvalue weighted by atomic mass is 16.6. The molecule has 1 aliphatic carbocycles. The van der Waals surface area contributed by atoms with Gasteiger partial charge in [-0.25, -0.2) is 4.79 Å². The van der Waals surface area contributed by atoms with Crippen LogP contribution in [0.25, 0.3) is 0 Å². The number of ether oxygens (including phenoxy) is 1. The minimum atomic E-state index is -0.966. The summed E-state index contributed by atoms with van der Waals surface area (Å²) in [7, 11) is 0. The van der Waals surface area contributed by atoms with Crippen LogP contribution in [0, 0.1) is 0 Å². The molecule has 0 aromatic heterocycles. The molecule has 1 aliphatic rings. The molecular weight excluding hydrogens is 184 g/mol. The van der Waals surface area contributed by atoms with E-state index >= 15 is 0 Å². The maximum absolute atomic E-state index is 11.1. The fourth-order valence-electron chi connectivity index (χ4n) is 1.48. The van der Waals surface area contributed by atoms with Crippen molar-refractivity contribution in [1.29, 1.82) is 0 Å². The second-order valence-electron chi connectivity index (χ2n) is 3.71. The van der Waals surface area contributed by atoms with Crippen LogP contribution < -0.4 is 0 Å². The summed E-state index contributed by atoms with van der Waals surface area (Å²) < 4.78 is 4.99. The van der Waals surface area contributed by atoms with Gasteiger partial charge in [-0.05, 0) is 26.2 Å². The van der Waals surface area contributed by atoms with Gasteiger partial charge in [-0.1, -0.05) is 6.58 Å². The number of hydrogen-bond acceptors (Lipinski definition) is 4. The summed E-state index contributed by atoms with van der Waals surface area (Å²) in [5, 5.41) is 18.8. The zero-order valence-electron chi connectivity index (χ0n) is 8.27. The van der Waals surface area contributed by atoms with Crippen LogP contribution in [0.1, 0.15) is 26.2 Å². The van der Waals surface area contributed by atoms with Crippen molar-refractivity contribution in [2.24, 2.45) is 0 Å². The number of carbonyl (C=O) groups excluding carboxylic acids is 1. The van der Waals surface area contributed by atoms with Crippen molar-refractivity contribution in [3.05, 3.63) is 12.2 Å². The smallest absolute Gasteiger partial charge is 0.333 e. The normalized spacial score (nSPS) is 32.4. The Bertz CT molecular complexity index is 236. The Labute approximate surface area is 83.2 Å². The van der Waals surface area contributed by atoms with Gasteiger partial charge in [0.25, 0.3) is 0 Å². The zero-order chi connectivity index (χ0) is 10.7. The van der Waals surface area contributed by atoms with E-state index < -0.39 is 24.3 Å². The maximum atomic E-state index is 11.1. The molecule has 2 N–H and O–H groups in total. The van der Waals surface area contributed by atoms with E-state index in [0.717, 1.165) is 6.42 Å². The first-order chi connectivity index (χ1) is 6.52. The minimum absolute atomic E-state index is 0.303. The highest BCUT2D eigenvalue weighted by molar-refractivity contribution is 5.87. The molecule has 4 heteroatoms. The molecule has 0 aliphatic heterocycles. The average molecular weight is 200 g/mol. The Morgan fingerprint density at radius 2 is 2.07 bits per heavy atom. The number of esters is 1. The van der Waals surface area contributed by atoms with Crippen molar-refractivity contribution in [1.82, 2.24) is 0 Å². The van der Waals surface area contributed by atoms with Crippen molar-refractivity contribution < 1.29 is 19.7 Å². The lowest BCUT2D eigenvalue weighted by molar-refractivity contribution is -0.160. The minimum Gasteiger partial charge on any atom is -0.456 e. The van der Waals surface area contributed by atoms with Gasteiger partial charge in [-0.2, -0.15) is 0 Å². The van der Waals surface area contributed by atoms with Crippen LogP contribution in [0.2, 0.25) is 0 Å². The molecule has 0 heterocycles. The van der Waals surface area contributed by atoms with E-state index in [1.807, 2.05) is 0 Å². The van der Waals surface area contributed by atoms with Crippen LogP contribution in [0.4, 0.5) is 0 Å². The van der Waals surface area contributed by atoms with E-state index in [1.165, 1.54) is 0 Å². The van der Waals surface area contributed by atoms with Gasteiger partial charge >= 0.3 is 5.97 Å². The molecule has 3 atom stereocenters. The fraction of sp³-hybridized carbons (Fsp3) is 0.700. The van der Waals surface area contributed by atoms with Crippen molar-refractivity contribution in [3.63, 3.8) is 0 Å². The van der Waals surface area contributed by atoms with Crippen molar-refractivity contribution in [3.8, 4) is 0 Å². The Hall–Kier alpha value is -0.870. The molecule has 0 amide bonds. The lowest BCUT2D eigenvalue weighted by Crippen LogP contribution is -2.43. The van der Waals surface area contributed by atoms with E-state index in [1.54, 1.807) is 6.92 Å². The Morgan fingerprint density at radius 3 is 2.64 bits per heavy atom. The summed E-state index contributed by atoms with van der Waals surface area (Å²) in [5.74, 6) is -0.511. The number of carbonyl (C=O) groups is 1. The zero-order valence-corrected chi connectivity index (χ0v) is 8.27. The molecule has 0 aromatic rings. The summed E-state index contributed by atoms with van der Waals surface area (Å²) in [6.45, 7) is 5.00. The van der Waals surface area contributed by atoms with Crippen LogP contribution in [-0.2, 0) is 9.53 Å². The third-order valence-electron chi connectivity index (χ3n) is 2.37. The van der Waals surface area contributed by atoms with Crippen molar-refractivity contribution in [2.45, 2.75) is 44.5 Å². The molecule has 0 radical (unpaired) electrons. The second kappa shape index (κ2) is 4.57. The van der Waals surface area contributed by atoms with Gasteiger partial charge in [0, 0.05) is 5.57 Å². The van der Waals surface area contributed by atoms with Gasteiger partial charge < -0.3 is 14.9 Å². The number of aliphatic hydroxyl groups is 2. The summed E-state index contributed by atoms with van der Waals surface area (Å²) in [6, 6.07) is 0. The summed E-state index contributed by atoms with van der Waals surface area (Å²) in [5.41, 5.74) is 0.303. The van der Waals surface area contributed by atoms with Crippen LogP contribution in [0.15, 0.2) is 12.2 Å². The largest absolute Gasteiger partial charge is 0.456 e. The molecule has 0 bridgehead atoms. The lowest BCUT2D eigenvalue weighted by Gasteiger charge is -2.31. The van der Waals surface area contributed by atoms with Crippen molar-refractivity contribution in [2.75, 3.05) is 0 Å². The number of hydrogen-bond donors (Lipinski definition) is 2. The third kappa shape index (κ3) is 2.56. The molecule has 0 saturated heterocycles. The van der Waals surface area contributed by atoms with Crippen LogP contribution in [-0.4, -0.2) is 34.5 Å². The van der Waals surface area contributed by atoms with E-state index in [0.29, 0.717) is 18.4 Å². The van der Waals surface area contributed by atoms with Gasteiger partial charge in [-0.15, -0.1) is 0 Å². The Balaban J connectivity index is 2.51. The molecule has 1 saturated carbocycles. The monoisotopic (exact) mass is 200 g/mol. The molecule has 0 spiro atoms. The number of rotatable bonds is 2. The second-order valence-corrected chi connectivity index (χ2v) is 3.71. The quantitative estimate of drug-likeness (QED) is 0.499. The SMILES string of the molecule is C=C(C)C(=O)OC1CCCC(O)C1O. The van der Waals surface area contributed by atoms with Crippen LogP contribution in [0.3, 0.4) is 0 Å². The average Bonchev–Trinajstić information content (AvgIpc) is 2.12. The first-order valence-corrected chi connectivity index (χ1v) is 4.75. The molecule has 14 heavy (non-hydrogen) atoms. The molecule has 4 nitrogen and oxygen atoms in total. The topological polar surface area (TPSA) is 66.8 Å². The predicted molar refractivity (Wildman–Crippen MR) is 50.6 cm³/mol.